The Bertz CT molecular complexity index is 364. The van der Waals surface area contributed by atoms with E-state index in [2.05, 4.69) is 22.7 Å². The van der Waals surface area contributed by atoms with Crippen molar-refractivity contribution in [1.82, 2.24) is 5.16 Å². The minimum absolute atomic E-state index is 0.946. The van der Waals surface area contributed by atoms with E-state index in [1.807, 2.05) is 13.0 Å². The molecule has 0 atom stereocenters. The van der Waals surface area contributed by atoms with Crippen molar-refractivity contribution < 1.29 is 4.52 Å². The lowest BCUT2D eigenvalue weighted by Gasteiger charge is -1.91. The largest absolute Gasteiger partial charge is 0.361 e. The molecule has 0 N–H and O–H groups in total. The average Bonchev–Trinajstić information content (AvgIpc) is 2.71. The molecule has 3 heteroatoms. The highest BCUT2D eigenvalue weighted by Gasteiger charge is 2.01. The van der Waals surface area contributed by atoms with E-state index < -0.39 is 0 Å². The van der Waals surface area contributed by atoms with Crippen molar-refractivity contribution >= 4 is 11.3 Å². The first kappa shape index (κ1) is 8.51. The summed E-state index contributed by atoms with van der Waals surface area (Å²) < 4.78 is 5.12. The number of hydrogen-bond donors (Lipinski definition) is 0. The molecule has 2 aromatic heterocycles. The summed E-state index contributed by atoms with van der Waals surface area (Å²) >= 11 is 1.79. The molecule has 0 spiro atoms. The van der Waals surface area contributed by atoms with E-state index in [1.54, 1.807) is 11.3 Å². The first-order valence-electron chi connectivity index (χ1n) is 4.29. The van der Waals surface area contributed by atoms with Gasteiger partial charge in [0.1, 0.15) is 5.76 Å². The average molecular weight is 193 g/mol. The molecule has 0 amide bonds. The van der Waals surface area contributed by atoms with Gasteiger partial charge in [0.15, 0.2) is 0 Å². The molecule has 2 heterocycles. The first-order valence-corrected chi connectivity index (χ1v) is 5.17. The van der Waals surface area contributed by atoms with Gasteiger partial charge in [0.25, 0.3) is 0 Å². The molecule has 0 saturated heterocycles. The Kier molecular flexibility index (Phi) is 2.45. The molecule has 0 aliphatic heterocycles. The number of aryl methyl sites for hydroxylation is 3. The van der Waals surface area contributed by atoms with E-state index in [9.17, 15) is 0 Å². The second-order valence-corrected chi connectivity index (χ2v) is 4.05. The van der Waals surface area contributed by atoms with Crippen LogP contribution >= 0.6 is 11.3 Å². The highest BCUT2D eigenvalue weighted by atomic mass is 32.1. The smallest absolute Gasteiger partial charge is 0.137 e. The Hall–Kier alpha value is -1.09. The second kappa shape index (κ2) is 3.75. The topological polar surface area (TPSA) is 26.0 Å². The van der Waals surface area contributed by atoms with E-state index in [1.165, 1.54) is 4.88 Å². The highest BCUT2D eigenvalue weighted by molar-refractivity contribution is 7.09. The van der Waals surface area contributed by atoms with Crippen LogP contribution in [-0.2, 0) is 12.8 Å². The third-order valence-electron chi connectivity index (χ3n) is 1.87. The van der Waals surface area contributed by atoms with Crippen LogP contribution in [0.3, 0.4) is 0 Å². The third kappa shape index (κ3) is 2.18. The number of hydrogen-bond acceptors (Lipinski definition) is 3. The summed E-state index contributed by atoms with van der Waals surface area (Å²) in [6, 6.07) is 6.22. The van der Waals surface area contributed by atoms with Crippen molar-refractivity contribution in [1.29, 1.82) is 0 Å². The van der Waals surface area contributed by atoms with Crippen LogP contribution in [0, 0.1) is 6.92 Å². The lowest BCUT2D eigenvalue weighted by molar-refractivity contribution is 0.380. The SMILES string of the molecule is Cc1cc(CCc2cccs2)on1. The normalized spacial score (nSPS) is 10.5. The fraction of sp³-hybridized carbons (Fsp3) is 0.300. The van der Waals surface area contributed by atoms with Crippen molar-refractivity contribution in [2.24, 2.45) is 0 Å². The molecule has 2 nitrogen and oxygen atoms in total. The lowest BCUT2D eigenvalue weighted by Crippen LogP contribution is -1.85. The minimum atomic E-state index is 0.946. The van der Waals surface area contributed by atoms with E-state index >= 15 is 0 Å². The van der Waals surface area contributed by atoms with Crippen LogP contribution in [0.15, 0.2) is 28.1 Å². The third-order valence-corrected chi connectivity index (χ3v) is 2.81. The summed E-state index contributed by atoms with van der Waals surface area (Å²) in [6.07, 6.45) is 1.99. The van der Waals surface area contributed by atoms with Gasteiger partial charge in [0, 0.05) is 17.4 Å². The minimum Gasteiger partial charge on any atom is -0.361 e. The fourth-order valence-electron chi connectivity index (χ4n) is 1.24. The van der Waals surface area contributed by atoms with Gasteiger partial charge in [0.05, 0.1) is 5.69 Å². The maximum Gasteiger partial charge on any atom is 0.137 e. The first-order chi connectivity index (χ1) is 6.34. The Morgan fingerprint density at radius 2 is 2.38 bits per heavy atom. The van der Waals surface area contributed by atoms with Gasteiger partial charge < -0.3 is 4.52 Å². The van der Waals surface area contributed by atoms with Gasteiger partial charge in [-0.25, -0.2) is 0 Å². The van der Waals surface area contributed by atoms with Gasteiger partial charge in [-0.2, -0.15) is 0 Å². The zero-order valence-electron chi connectivity index (χ0n) is 7.49. The van der Waals surface area contributed by atoms with Crippen LogP contribution in [0.25, 0.3) is 0 Å². The quantitative estimate of drug-likeness (QED) is 0.749. The molecule has 0 aliphatic carbocycles. The van der Waals surface area contributed by atoms with Crippen LogP contribution in [0.2, 0.25) is 0 Å². The predicted molar refractivity (Wildman–Crippen MR) is 53.0 cm³/mol. The molecule has 68 valence electrons. The number of nitrogens with zero attached hydrogens (tertiary/aromatic N) is 1. The van der Waals surface area contributed by atoms with Crippen molar-refractivity contribution in [3.63, 3.8) is 0 Å². The molecular formula is C10H11NOS. The summed E-state index contributed by atoms with van der Waals surface area (Å²) in [5.41, 5.74) is 0.959. The van der Waals surface area contributed by atoms with E-state index in [0.717, 1.165) is 24.3 Å². The molecule has 0 saturated carbocycles. The van der Waals surface area contributed by atoms with E-state index in [0.29, 0.717) is 0 Å². The Labute approximate surface area is 81.2 Å². The van der Waals surface area contributed by atoms with Crippen LogP contribution < -0.4 is 0 Å². The zero-order chi connectivity index (χ0) is 9.10. The van der Waals surface area contributed by atoms with Gasteiger partial charge in [0.2, 0.25) is 0 Å². The number of thiophene rings is 1. The maximum absolute atomic E-state index is 5.12. The fourth-order valence-corrected chi connectivity index (χ4v) is 1.94. The standard InChI is InChI=1S/C10H11NOS/c1-8-7-9(12-11-8)4-5-10-3-2-6-13-10/h2-3,6-7H,4-5H2,1H3. The second-order valence-electron chi connectivity index (χ2n) is 3.01. The predicted octanol–water partition coefficient (Wildman–Crippen LogP) is 2.83. The van der Waals surface area contributed by atoms with Crippen LogP contribution in [0.4, 0.5) is 0 Å². The number of aromatic nitrogens is 1. The maximum atomic E-state index is 5.12. The van der Waals surface area contributed by atoms with E-state index in [-0.39, 0.29) is 0 Å². The molecule has 13 heavy (non-hydrogen) atoms. The van der Waals surface area contributed by atoms with Crippen molar-refractivity contribution in [3.05, 3.63) is 39.9 Å². The van der Waals surface area contributed by atoms with Crippen LogP contribution in [0.1, 0.15) is 16.3 Å². The molecule has 2 rings (SSSR count). The molecule has 0 unspecified atom stereocenters. The van der Waals surface area contributed by atoms with Gasteiger partial charge in [-0.3, -0.25) is 0 Å². The van der Waals surface area contributed by atoms with Crippen molar-refractivity contribution in [2.45, 2.75) is 19.8 Å². The van der Waals surface area contributed by atoms with Crippen LogP contribution in [-0.4, -0.2) is 5.16 Å². The molecule has 0 aromatic carbocycles. The van der Waals surface area contributed by atoms with Crippen molar-refractivity contribution in [2.75, 3.05) is 0 Å². The molecule has 0 fully saturated rings. The summed E-state index contributed by atoms with van der Waals surface area (Å²) in [5, 5.41) is 5.94. The molecule has 0 aliphatic rings. The summed E-state index contributed by atoms with van der Waals surface area (Å²) in [5.74, 6) is 0.978. The molecule has 0 bridgehead atoms. The number of rotatable bonds is 3. The van der Waals surface area contributed by atoms with Gasteiger partial charge in [-0.15, -0.1) is 11.3 Å². The molecule has 0 radical (unpaired) electrons. The Morgan fingerprint density at radius 3 is 3.00 bits per heavy atom. The Balaban J connectivity index is 1.93. The summed E-state index contributed by atoms with van der Waals surface area (Å²) in [7, 11) is 0. The van der Waals surface area contributed by atoms with Gasteiger partial charge >= 0.3 is 0 Å². The lowest BCUT2D eigenvalue weighted by atomic mass is 10.2. The zero-order valence-corrected chi connectivity index (χ0v) is 8.30. The Morgan fingerprint density at radius 1 is 1.46 bits per heavy atom. The van der Waals surface area contributed by atoms with Crippen molar-refractivity contribution in [3.8, 4) is 0 Å². The highest BCUT2D eigenvalue weighted by Crippen LogP contribution is 2.12. The summed E-state index contributed by atoms with van der Waals surface area (Å²) in [6.45, 7) is 1.94. The monoisotopic (exact) mass is 193 g/mol. The van der Waals surface area contributed by atoms with Crippen LogP contribution in [0.5, 0.6) is 0 Å². The summed E-state index contributed by atoms with van der Waals surface area (Å²) in [4.78, 5) is 1.40. The molecule has 2 aromatic rings. The molecular weight excluding hydrogens is 182 g/mol. The van der Waals surface area contributed by atoms with Gasteiger partial charge in [-0.1, -0.05) is 11.2 Å². The van der Waals surface area contributed by atoms with Gasteiger partial charge in [-0.05, 0) is 24.8 Å². The van der Waals surface area contributed by atoms with E-state index in [4.69, 9.17) is 4.52 Å².